The molecule has 0 amide bonds. The maximum Gasteiger partial charge on any atom is 0.249 e. The Morgan fingerprint density at radius 2 is 1.74 bits per heavy atom. The van der Waals surface area contributed by atoms with Gasteiger partial charge in [0.2, 0.25) is 10.0 Å². The molecule has 0 saturated carbocycles. The normalized spacial score (nSPS) is 13.1. The molecule has 0 atom stereocenters. The van der Waals surface area contributed by atoms with Crippen LogP contribution < -0.4 is 0 Å². The molecule has 0 aliphatic rings. The molecule has 0 aliphatic carbocycles. The molecule has 1 heterocycles. The smallest absolute Gasteiger partial charge is 0.249 e. The predicted octanol–water partition coefficient (Wildman–Crippen LogP) is 2.79. The highest BCUT2D eigenvalue weighted by atomic mass is 35.5. The summed E-state index contributed by atoms with van der Waals surface area (Å²) in [5.74, 6) is 0.257. The third kappa shape index (κ3) is 3.82. The van der Waals surface area contributed by atoms with Gasteiger partial charge in [-0.05, 0) is 13.8 Å². The third-order valence-electron chi connectivity index (χ3n) is 2.36. The molecule has 8 heteroatoms. The number of aromatic nitrogens is 1. The van der Waals surface area contributed by atoms with Gasteiger partial charge < -0.3 is 4.52 Å². The number of sulfonamides is 1. The van der Waals surface area contributed by atoms with Gasteiger partial charge in [-0.25, -0.2) is 8.42 Å². The average molecular weight is 325 g/mol. The van der Waals surface area contributed by atoms with Crippen LogP contribution in [0.15, 0.2) is 32.6 Å². The van der Waals surface area contributed by atoms with Crippen LogP contribution in [0.1, 0.15) is 11.5 Å². The van der Waals surface area contributed by atoms with Crippen LogP contribution in [-0.2, 0) is 10.0 Å². The zero-order chi connectivity index (χ0) is 14.5. The summed E-state index contributed by atoms with van der Waals surface area (Å²) in [6, 6.07) is 0. The minimum absolute atomic E-state index is 0.0819. The van der Waals surface area contributed by atoms with E-state index in [2.05, 4.69) is 5.16 Å². The Hall–Kier alpha value is -0.820. The molecular weight excluding hydrogens is 311 g/mol. The van der Waals surface area contributed by atoms with Crippen LogP contribution in [0.5, 0.6) is 0 Å². The molecule has 1 aromatic rings. The van der Waals surface area contributed by atoms with E-state index in [4.69, 9.17) is 27.7 Å². The molecule has 0 bridgehead atoms. The van der Waals surface area contributed by atoms with Gasteiger partial charge in [-0.2, -0.15) is 4.31 Å². The van der Waals surface area contributed by atoms with Crippen molar-refractivity contribution < 1.29 is 12.9 Å². The van der Waals surface area contributed by atoms with Gasteiger partial charge in [-0.15, -0.1) is 0 Å². The Morgan fingerprint density at radius 1 is 1.21 bits per heavy atom. The number of halogens is 2. The van der Waals surface area contributed by atoms with Crippen molar-refractivity contribution in [2.24, 2.45) is 0 Å². The molecular formula is C11H14Cl2N2O3S. The number of hydrogen-bond acceptors (Lipinski definition) is 4. The lowest BCUT2D eigenvalue weighted by atomic mass is 10.4. The quantitative estimate of drug-likeness (QED) is 0.807. The van der Waals surface area contributed by atoms with Crippen LogP contribution in [0.25, 0.3) is 0 Å². The first-order valence-electron chi connectivity index (χ1n) is 5.38. The Bertz CT molecular complexity index is 545. The molecule has 0 saturated heterocycles. The predicted molar refractivity (Wildman–Crippen MR) is 74.7 cm³/mol. The zero-order valence-electron chi connectivity index (χ0n) is 10.5. The highest BCUT2D eigenvalue weighted by Crippen LogP contribution is 2.23. The van der Waals surface area contributed by atoms with Gasteiger partial charge >= 0.3 is 0 Å². The van der Waals surface area contributed by atoms with Crippen molar-refractivity contribution in [3.8, 4) is 0 Å². The monoisotopic (exact) mass is 324 g/mol. The fraction of sp³-hybridized carbons (Fsp3) is 0.364. The van der Waals surface area contributed by atoms with Crippen LogP contribution in [0.3, 0.4) is 0 Å². The van der Waals surface area contributed by atoms with E-state index in [1.807, 2.05) is 0 Å². The van der Waals surface area contributed by atoms with Crippen LogP contribution in [0.2, 0.25) is 0 Å². The van der Waals surface area contributed by atoms with Crippen LogP contribution in [0, 0.1) is 13.8 Å². The Kier molecular flexibility index (Phi) is 6.06. The molecule has 106 valence electrons. The molecule has 0 aliphatic heterocycles. The summed E-state index contributed by atoms with van der Waals surface area (Å²) in [5, 5.41) is 3.66. The summed E-state index contributed by atoms with van der Waals surface area (Å²) < 4.78 is 31.2. The molecule has 1 rings (SSSR count). The minimum atomic E-state index is -3.71. The molecule has 0 spiro atoms. The second-order valence-electron chi connectivity index (χ2n) is 3.70. The number of aryl methyl sites for hydroxylation is 2. The van der Waals surface area contributed by atoms with Gasteiger partial charge in [0.1, 0.15) is 10.6 Å². The number of rotatable bonds is 6. The molecule has 0 radical (unpaired) electrons. The maximum absolute atomic E-state index is 12.5. The standard InChI is InChI=1S/C11H14Cl2N2O3S/c1-9-11(10(2)18-14-9)19(16,17)15(7-3-5-12)8-4-6-13/h3-6H,7-8H2,1-2H3. The van der Waals surface area contributed by atoms with E-state index in [1.54, 1.807) is 13.8 Å². The SMILES string of the molecule is Cc1noc(C)c1S(=O)(=O)N(CC=CCl)CC=CCl. The van der Waals surface area contributed by atoms with Crippen LogP contribution in [0.4, 0.5) is 0 Å². The van der Waals surface area contributed by atoms with Crippen LogP contribution >= 0.6 is 23.2 Å². The first-order valence-corrected chi connectivity index (χ1v) is 7.70. The second kappa shape index (κ2) is 7.09. The van der Waals surface area contributed by atoms with Crippen molar-refractivity contribution in [1.82, 2.24) is 9.46 Å². The lowest BCUT2D eigenvalue weighted by Gasteiger charge is -2.18. The van der Waals surface area contributed by atoms with E-state index in [0.717, 1.165) is 0 Å². The van der Waals surface area contributed by atoms with E-state index in [9.17, 15) is 8.42 Å². The van der Waals surface area contributed by atoms with Crippen molar-refractivity contribution >= 4 is 33.2 Å². The highest BCUT2D eigenvalue weighted by Gasteiger charge is 2.29. The summed E-state index contributed by atoms with van der Waals surface area (Å²) in [6.07, 6.45) is 3.05. The van der Waals surface area contributed by atoms with Crippen molar-refractivity contribution in [3.63, 3.8) is 0 Å². The van der Waals surface area contributed by atoms with E-state index in [0.29, 0.717) is 5.69 Å². The molecule has 19 heavy (non-hydrogen) atoms. The molecule has 0 unspecified atom stereocenters. The van der Waals surface area contributed by atoms with Gasteiger partial charge in [0.05, 0.1) is 0 Å². The van der Waals surface area contributed by atoms with Gasteiger partial charge in [-0.1, -0.05) is 40.5 Å². The molecule has 5 nitrogen and oxygen atoms in total. The number of nitrogens with zero attached hydrogens (tertiary/aromatic N) is 2. The first kappa shape index (κ1) is 16.2. The first-order chi connectivity index (χ1) is 8.95. The lowest BCUT2D eigenvalue weighted by Crippen LogP contribution is -2.32. The van der Waals surface area contributed by atoms with Crippen molar-refractivity contribution in [3.05, 3.63) is 34.7 Å². The lowest BCUT2D eigenvalue weighted by molar-refractivity contribution is 0.390. The molecule has 1 aromatic heterocycles. The highest BCUT2D eigenvalue weighted by molar-refractivity contribution is 7.89. The summed E-state index contributed by atoms with van der Waals surface area (Å²) in [7, 11) is -3.71. The average Bonchev–Trinajstić information content (AvgIpc) is 2.69. The number of hydrogen-bond donors (Lipinski definition) is 0. The Morgan fingerprint density at radius 3 is 2.11 bits per heavy atom. The molecule has 0 aromatic carbocycles. The largest absolute Gasteiger partial charge is 0.360 e. The third-order valence-corrected chi connectivity index (χ3v) is 4.80. The topological polar surface area (TPSA) is 63.4 Å². The van der Waals surface area contributed by atoms with Crippen molar-refractivity contribution in [2.75, 3.05) is 13.1 Å². The second-order valence-corrected chi connectivity index (χ2v) is 6.08. The van der Waals surface area contributed by atoms with Crippen molar-refractivity contribution in [1.29, 1.82) is 0 Å². The van der Waals surface area contributed by atoms with Gasteiger partial charge in [0.15, 0.2) is 5.76 Å². The van der Waals surface area contributed by atoms with Gasteiger partial charge in [0.25, 0.3) is 0 Å². The molecule has 0 N–H and O–H groups in total. The summed E-state index contributed by atoms with van der Waals surface area (Å²) in [5.41, 5.74) is 2.85. The van der Waals surface area contributed by atoms with Gasteiger partial charge in [-0.3, -0.25) is 0 Å². The minimum Gasteiger partial charge on any atom is -0.360 e. The van der Waals surface area contributed by atoms with Crippen molar-refractivity contribution in [2.45, 2.75) is 18.7 Å². The maximum atomic E-state index is 12.5. The fourth-order valence-corrected chi connectivity index (χ4v) is 3.35. The Balaban J connectivity index is 3.19. The fourth-order valence-electron chi connectivity index (χ4n) is 1.56. The Labute approximate surface area is 122 Å². The van der Waals surface area contributed by atoms with E-state index < -0.39 is 10.0 Å². The van der Waals surface area contributed by atoms with Gasteiger partial charge in [0, 0.05) is 24.2 Å². The van der Waals surface area contributed by atoms with E-state index >= 15 is 0 Å². The summed E-state index contributed by atoms with van der Waals surface area (Å²) >= 11 is 10.9. The molecule has 0 fully saturated rings. The van der Waals surface area contributed by atoms with E-state index in [1.165, 1.54) is 27.5 Å². The summed E-state index contributed by atoms with van der Waals surface area (Å²) in [6.45, 7) is 3.41. The van der Waals surface area contributed by atoms with Crippen LogP contribution in [-0.4, -0.2) is 31.0 Å². The van der Waals surface area contributed by atoms with E-state index in [-0.39, 0.29) is 23.7 Å². The summed E-state index contributed by atoms with van der Waals surface area (Å²) in [4.78, 5) is 0.0819. The zero-order valence-corrected chi connectivity index (χ0v) is 12.8.